The van der Waals surface area contributed by atoms with E-state index in [1.165, 1.54) is 0 Å². The van der Waals surface area contributed by atoms with E-state index in [9.17, 15) is 5.11 Å². The van der Waals surface area contributed by atoms with E-state index in [0.717, 1.165) is 36.7 Å². The molecule has 1 aromatic carbocycles. The van der Waals surface area contributed by atoms with E-state index >= 15 is 0 Å². The minimum atomic E-state index is 0.0480. The highest BCUT2D eigenvalue weighted by Crippen LogP contribution is 2.52. The zero-order valence-corrected chi connectivity index (χ0v) is 14.9. The summed E-state index contributed by atoms with van der Waals surface area (Å²) < 4.78 is 5.87. The molecule has 1 aliphatic heterocycles. The van der Waals surface area contributed by atoms with Gasteiger partial charge in [-0.3, -0.25) is 0 Å². The third-order valence-electron chi connectivity index (χ3n) is 5.43. The summed E-state index contributed by atoms with van der Waals surface area (Å²) in [6.07, 6.45) is 1.49. The van der Waals surface area contributed by atoms with E-state index in [1.54, 1.807) is 0 Å². The maximum atomic E-state index is 9.46. The molecule has 5 heteroatoms. The monoisotopic (exact) mass is 331 g/mol. The number of benzene rings is 1. The third-order valence-corrected chi connectivity index (χ3v) is 5.43. The van der Waals surface area contributed by atoms with Crippen molar-refractivity contribution in [1.29, 1.82) is 0 Å². The number of hydrogen-bond donors (Lipinski definition) is 3. The molecule has 1 heterocycles. The van der Waals surface area contributed by atoms with Gasteiger partial charge in [-0.05, 0) is 24.5 Å². The standard InChI is InChI=1S/C19H29N3O2/c1-4-20-18(21-11-13-7-5-6-8-14(13)12-23)22-16-15-9-10-24-17(15)19(16,2)3/h5-8,15-17,23H,4,9-12H2,1-3H3,(H2,20,21,22). The predicted octanol–water partition coefficient (Wildman–Crippen LogP) is 2.05. The smallest absolute Gasteiger partial charge is 0.191 e. The summed E-state index contributed by atoms with van der Waals surface area (Å²) >= 11 is 0. The van der Waals surface area contributed by atoms with Crippen LogP contribution in [0.5, 0.6) is 0 Å². The molecule has 1 aromatic rings. The molecule has 1 saturated carbocycles. The molecule has 3 atom stereocenters. The first kappa shape index (κ1) is 17.2. The fourth-order valence-corrected chi connectivity index (χ4v) is 4.11. The van der Waals surface area contributed by atoms with Crippen LogP contribution in [0.15, 0.2) is 29.3 Å². The van der Waals surface area contributed by atoms with Crippen molar-refractivity contribution in [2.24, 2.45) is 16.3 Å². The molecule has 1 saturated heterocycles. The van der Waals surface area contributed by atoms with Crippen LogP contribution >= 0.6 is 0 Å². The molecule has 3 unspecified atom stereocenters. The van der Waals surface area contributed by atoms with Crippen LogP contribution in [0, 0.1) is 11.3 Å². The number of rotatable bonds is 5. The quantitative estimate of drug-likeness (QED) is 0.571. The van der Waals surface area contributed by atoms with Crippen molar-refractivity contribution in [2.75, 3.05) is 13.2 Å². The molecule has 24 heavy (non-hydrogen) atoms. The summed E-state index contributed by atoms with van der Waals surface area (Å²) in [6, 6.07) is 8.28. The first-order valence-electron chi connectivity index (χ1n) is 8.92. The van der Waals surface area contributed by atoms with E-state index in [2.05, 4.69) is 31.4 Å². The molecule has 0 aromatic heterocycles. The van der Waals surface area contributed by atoms with Gasteiger partial charge >= 0.3 is 0 Å². The zero-order valence-electron chi connectivity index (χ0n) is 14.9. The van der Waals surface area contributed by atoms with Crippen LogP contribution in [-0.2, 0) is 17.9 Å². The second kappa shape index (κ2) is 7.11. The highest BCUT2D eigenvalue weighted by Gasteiger charge is 2.59. The van der Waals surface area contributed by atoms with E-state index in [-0.39, 0.29) is 12.0 Å². The number of aliphatic hydroxyl groups is 1. The summed E-state index contributed by atoms with van der Waals surface area (Å²) in [5.74, 6) is 1.42. The lowest BCUT2D eigenvalue weighted by molar-refractivity contribution is -0.106. The van der Waals surface area contributed by atoms with E-state index < -0.39 is 0 Å². The average molecular weight is 331 g/mol. The largest absolute Gasteiger partial charge is 0.392 e. The van der Waals surface area contributed by atoms with Crippen molar-refractivity contribution in [3.63, 3.8) is 0 Å². The van der Waals surface area contributed by atoms with Crippen molar-refractivity contribution in [1.82, 2.24) is 10.6 Å². The minimum Gasteiger partial charge on any atom is -0.392 e. The summed E-state index contributed by atoms with van der Waals surface area (Å²) in [5.41, 5.74) is 2.12. The molecular weight excluding hydrogens is 302 g/mol. The molecule has 132 valence electrons. The van der Waals surface area contributed by atoms with E-state index in [4.69, 9.17) is 9.73 Å². The fraction of sp³-hybridized carbons (Fsp3) is 0.632. The Balaban J connectivity index is 1.70. The van der Waals surface area contributed by atoms with Crippen LogP contribution < -0.4 is 10.6 Å². The Kier molecular flexibility index (Phi) is 5.11. The Morgan fingerprint density at radius 1 is 1.33 bits per heavy atom. The number of hydrogen-bond acceptors (Lipinski definition) is 3. The molecular formula is C19H29N3O2. The lowest BCUT2D eigenvalue weighted by atomic mass is 9.57. The molecule has 5 nitrogen and oxygen atoms in total. The third kappa shape index (κ3) is 3.15. The van der Waals surface area contributed by atoms with E-state index in [1.807, 2.05) is 24.3 Å². The van der Waals surface area contributed by atoms with Gasteiger partial charge in [-0.2, -0.15) is 0 Å². The first-order chi connectivity index (χ1) is 11.6. The molecule has 3 rings (SSSR count). The van der Waals surface area contributed by atoms with Crippen molar-refractivity contribution in [3.05, 3.63) is 35.4 Å². The van der Waals surface area contributed by atoms with Gasteiger partial charge in [-0.15, -0.1) is 0 Å². The Hall–Kier alpha value is -1.59. The van der Waals surface area contributed by atoms with E-state index in [0.29, 0.717) is 24.6 Å². The Bertz CT molecular complexity index is 600. The highest BCUT2D eigenvalue weighted by atomic mass is 16.5. The van der Waals surface area contributed by atoms with Crippen LogP contribution in [0.1, 0.15) is 38.3 Å². The Labute approximate surface area is 144 Å². The molecule has 1 aliphatic carbocycles. The maximum Gasteiger partial charge on any atom is 0.191 e. The van der Waals surface area contributed by atoms with Crippen molar-refractivity contribution < 1.29 is 9.84 Å². The topological polar surface area (TPSA) is 65.9 Å². The fourth-order valence-electron chi connectivity index (χ4n) is 4.11. The van der Waals surface area contributed by atoms with Gasteiger partial charge in [0.1, 0.15) is 0 Å². The SMILES string of the molecule is CCNC(=NCc1ccccc1CO)NC1C2CCOC2C1(C)C. The average Bonchev–Trinajstić information content (AvgIpc) is 3.04. The second-order valence-electron chi connectivity index (χ2n) is 7.31. The molecule has 0 amide bonds. The normalized spacial score (nSPS) is 28.2. The molecule has 0 bridgehead atoms. The molecule has 3 N–H and O–H groups in total. The molecule has 0 spiro atoms. The van der Waals surface area contributed by atoms with Gasteiger partial charge in [0, 0.05) is 30.5 Å². The zero-order chi connectivity index (χ0) is 17.2. The van der Waals surface area contributed by atoms with Crippen molar-refractivity contribution in [3.8, 4) is 0 Å². The Morgan fingerprint density at radius 3 is 2.79 bits per heavy atom. The lowest BCUT2D eigenvalue weighted by Gasteiger charge is -2.54. The minimum absolute atomic E-state index is 0.0480. The van der Waals surface area contributed by atoms with Crippen LogP contribution in [0.3, 0.4) is 0 Å². The van der Waals surface area contributed by atoms with Gasteiger partial charge in [0.15, 0.2) is 5.96 Å². The van der Waals surface area contributed by atoms with Crippen molar-refractivity contribution in [2.45, 2.75) is 52.5 Å². The van der Waals surface area contributed by atoms with Gasteiger partial charge in [0.2, 0.25) is 0 Å². The number of aliphatic hydroxyl groups excluding tert-OH is 1. The number of guanidine groups is 1. The number of nitrogens with one attached hydrogen (secondary N) is 2. The van der Waals surface area contributed by atoms with Gasteiger partial charge in [0.05, 0.1) is 19.3 Å². The maximum absolute atomic E-state index is 9.46. The molecule has 2 fully saturated rings. The van der Waals surface area contributed by atoms with Crippen LogP contribution in [0.25, 0.3) is 0 Å². The summed E-state index contributed by atoms with van der Waals surface area (Å²) in [5, 5.41) is 16.4. The predicted molar refractivity (Wildman–Crippen MR) is 95.7 cm³/mol. The van der Waals surface area contributed by atoms with Crippen LogP contribution in [0.2, 0.25) is 0 Å². The number of aliphatic imine (C=N–C) groups is 1. The summed E-state index contributed by atoms with van der Waals surface area (Å²) in [4.78, 5) is 4.74. The summed E-state index contributed by atoms with van der Waals surface area (Å²) in [7, 11) is 0. The molecule has 0 radical (unpaired) electrons. The second-order valence-corrected chi connectivity index (χ2v) is 7.31. The number of nitrogens with zero attached hydrogens (tertiary/aromatic N) is 1. The highest BCUT2D eigenvalue weighted by molar-refractivity contribution is 5.80. The number of ether oxygens (including phenoxy) is 1. The number of fused-ring (bicyclic) bond motifs is 1. The van der Waals surface area contributed by atoms with Crippen LogP contribution in [-0.4, -0.2) is 36.4 Å². The molecule has 2 aliphatic rings. The van der Waals surface area contributed by atoms with Crippen LogP contribution in [0.4, 0.5) is 0 Å². The Morgan fingerprint density at radius 2 is 2.08 bits per heavy atom. The van der Waals surface area contributed by atoms with Gasteiger partial charge < -0.3 is 20.5 Å². The first-order valence-corrected chi connectivity index (χ1v) is 8.92. The van der Waals surface area contributed by atoms with Gasteiger partial charge in [-0.1, -0.05) is 38.1 Å². The van der Waals surface area contributed by atoms with Gasteiger partial charge in [-0.25, -0.2) is 4.99 Å². The summed E-state index contributed by atoms with van der Waals surface area (Å²) in [6.45, 7) is 8.91. The van der Waals surface area contributed by atoms with Crippen molar-refractivity contribution >= 4 is 5.96 Å². The van der Waals surface area contributed by atoms with Gasteiger partial charge in [0.25, 0.3) is 0 Å². The lowest BCUT2D eigenvalue weighted by Crippen LogP contribution is -2.67.